The number of ether oxygens (including phenoxy) is 1. The van der Waals surface area contributed by atoms with E-state index >= 15 is 0 Å². The highest BCUT2D eigenvalue weighted by molar-refractivity contribution is 6.18. The molecule has 3 nitrogen and oxygen atoms in total. The summed E-state index contributed by atoms with van der Waals surface area (Å²) in [7, 11) is 0. The molecule has 1 heterocycles. The Hall–Kier alpha value is -1.06. The van der Waals surface area contributed by atoms with Crippen molar-refractivity contribution < 1.29 is 9.53 Å². The molecule has 1 aliphatic heterocycles. The summed E-state index contributed by atoms with van der Waals surface area (Å²) < 4.78 is 5.36. The van der Waals surface area contributed by atoms with Crippen LogP contribution in [0, 0.1) is 5.92 Å². The quantitative estimate of drug-likeness (QED) is 0.867. The van der Waals surface area contributed by atoms with E-state index in [-0.39, 0.29) is 17.4 Å². The van der Waals surface area contributed by atoms with Crippen LogP contribution in [-0.2, 0) is 9.53 Å². The molecule has 1 aromatic rings. The molecule has 0 bridgehead atoms. The molecule has 4 heteroatoms. The predicted octanol–water partition coefficient (Wildman–Crippen LogP) is 2.69. The van der Waals surface area contributed by atoms with E-state index in [1.807, 2.05) is 18.2 Å². The van der Waals surface area contributed by atoms with Crippen molar-refractivity contribution in [3.8, 4) is 0 Å². The van der Waals surface area contributed by atoms with Crippen LogP contribution in [0.3, 0.4) is 0 Å². The third-order valence-electron chi connectivity index (χ3n) is 4.45. The first-order valence-corrected chi connectivity index (χ1v) is 7.78. The van der Waals surface area contributed by atoms with E-state index in [0.29, 0.717) is 25.0 Å². The number of nitrogens with one attached hydrogen (secondary N) is 1. The van der Waals surface area contributed by atoms with Gasteiger partial charge in [0.25, 0.3) is 0 Å². The summed E-state index contributed by atoms with van der Waals surface area (Å²) >= 11 is 6.09. The number of carbonyl (C=O) groups is 1. The van der Waals surface area contributed by atoms with E-state index in [1.165, 1.54) is 5.56 Å². The molecule has 2 atom stereocenters. The normalized spacial score (nSPS) is 27.9. The van der Waals surface area contributed by atoms with Crippen LogP contribution in [0.1, 0.15) is 30.7 Å². The maximum absolute atomic E-state index is 12.4. The Kier molecular flexibility index (Phi) is 3.99. The van der Waals surface area contributed by atoms with Gasteiger partial charge in [0.15, 0.2) is 0 Å². The van der Waals surface area contributed by atoms with Gasteiger partial charge >= 0.3 is 0 Å². The first kappa shape index (κ1) is 13.9. The summed E-state index contributed by atoms with van der Waals surface area (Å²) in [4.78, 5) is 12.4. The fourth-order valence-corrected chi connectivity index (χ4v) is 3.30. The third kappa shape index (κ3) is 2.84. The first-order valence-electron chi connectivity index (χ1n) is 7.25. The Balaban J connectivity index is 1.60. The van der Waals surface area contributed by atoms with E-state index < -0.39 is 0 Å². The van der Waals surface area contributed by atoms with Crippen molar-refractivity contribution in [1.29, 1.82) is 0 Å². The lowest BCUT2D eigenvalue weighted by molar-refractivity contribution is -0.125. The predicted molar refractivity (Wildman–Crippen MR) is 78.9 cm³/mol. The van der Waals surface area contributed by atoms with Gasteiger partial charge in [-0.1, -0.05) is 30.3 Å². The second-order valence-electron chi connectivity index (χ2n) is 5.87. The van der Waals surface area contributed by atoms with E-state index in [2.05, 4.69) is 17.4 Å². The number of hydrogen-bond acceptors (Lipinski definition) is 2. The molecule has 1 saturated carbocycles. The lowest BCUT2D eigenvalue weighted by atomic mass is 9.92. The molecule has 108 valence electrons. The summed E-state index contributed by atoms with van der Waals surface area (Å²) in [6.07, 6.45) is 2.57. The Morgan fingerprint density at radius 1 is 1.30 bits per heavy atom. The minimum Gasteiger partial charge on any atom is -0.381 e. The fourth-order valence-electron chi connectivity index (χ4n) is 2.96. The molecule has 2 aliphatic rings. The number of hydrogen-bond donors (Lipinski definition) is 1. The minimum absolute atomic E-state index is 0.111. The monoisotopic (exact) mass is 293 g/mol. The molecule has 20 heavy (non-hydrogen) atoms. The molecule has 1 saturated heterocycles. The van der Waals surface area contributed by atoms with Gasteiger partial charge in [0.05, 0.1) is 5.54 Å². The van der Waals surface area contributed by atoms with E-state index in [1.54, 1.807) is 0 Å². The van der Waals surface area contributed by atoms with Crippen LogP contribution in [0.5, 0.6) is 0 Å². The van der Waals surface area contributed by atoms with Crippen molar-refractivity contribution in [1.82, 2.24) is 5.32 Å². The lowest BCUT2D eigenvalue weighted by Crippen LogP contribution is -2.54. The standard InChI is InChI=1S/C16H20ClNO2/c17-11-16(6-8-20-9-7-16)18-15(19)14-10-13(14)12-4-2-1-3-5-12/h1-5,13-14H,6-11H2,(H,18,19). The highest BCUT2D eigenvalue weighted by Crippen LogP contribution is 2.47. The highest BCUT2D eigenvalue weighted by Gasteiger charge is 2.46. The molecule has 1 amide bonds. The molecule has 2 unspecified atom stereocenters. The maximum atomic E-state index is 12.4. The van der Waals surface area contributed by atoms with Crippen molar-refractivity contribution in [2.45, 2.75) is 30.7 Å². The molecule has 1 N–H and O–H groups in total. The molecular weight excluding hydrogens is 274 g/mol. The van der Waals surface area contributed by atoms with Crippen molar-refractivity contribution in [3.05, 3.63) is 35.9 Å². The van der Waals surface area contributed by atoms with Gasteiger partial charge in [0.2, 0.25) is 5.91 Å². The highest BCUT2D eigenvalue weighted by atomic mass is 35.5. The summed E-state index contributed by atoms with van der Waals surface area (Å²) in [5, 5.41) is 3.19. The SMILES string of the molecule is O=C(NC1(CCl)CCOCC1)C1CC1c1ccccc1. The zero-order valence-electron chi connectivity index (χ0n) is 11.5. The number of carbonyl (C=O) groups excluding carboxylic acids is 1. The average Bonchev–Trinajstić information content (AvgIpc) is 3.30. The zero-order valence-corrected chi connectivity index (χ0v) is 12.2. The Morgan fingerprint density at radius 2 is 2.00 bits per heavy atom. The van der Waals surface area contributed by atoms with Gasteiger partial charge in [0.1, 0.15) is 0 Å². The first-order chi connectivity index (χ1) is 9.74. The van der Waals surface area contributed by atoms with Crippen LogP contribution in [0.15, 0.2) is 30.3 Å². The fraction of sp³-hybridized carbons (Fsp3) is 0.562. The van der Waals surface area contributed by atoms with Gasteiger partial charge in [-0.25, -0.2) is 0 Å². The Labute approximate surface area is 124 Å². The number of halogens is 1. The van der Waals surface area contributed by atoms with E-state index in [9.17, 15) is 4.79 Å². The molecular formula is C16H20ClNO2. The second kappa shape index (κ2) is 5.74. The number of amides is 1. The third-order valence-corrected chi connectivity index (χ3v) is 4.96. The molecule has 0 aromatic heterocycles. The van der Waals surface area contributed by atoms with Gasteiger partial charge in [-0.05, 0) is 30.7 Å². The molecule has 0 spiro atoms. The van der Waals surface area contributed by atoms with Crippen LogP contribution >= 0.6 is 11.6 Å². The van der Waals surface area contributed by atoms with Crippen LogP contribution < -0.4 is 5.32 Å². The van der Waals surface area contributed by atoms with Crippen molar-refractivity contribution >= 4 is 17.5 Å². The molecule has 3 rings (SSSR count). The molecule has 1 aromatic carbocycles. The van der Waals surface area contributed by atoms with Gasteiger partial charge < -0.3 is 10.1 Å². The Bertz CT molecular complexity index is 471. The minimum atomic E-state index is -0.263. The summed E-state index contributed by atoms with van der Waals surface area (Å²) in [5.41, 5.74) is 1.00. The molecule has 2 fully saturated rings. The average molecular weight is 294 g/mol. The molecule has 1 aliphatic carbocycles. The number of alkyl halides is 1. The summed E-state index contributed by atoms with van der Waals surface area (Å²) in [5.74, 6) is 1.11. The topological polar surface area (TPSA) is 38.3 Å². The van der Waals surface area contributed by atoms with Crippen LogP contribution in [-0.4, -0.2) is 30.5 Å². The Morgan fingerprint density at radius 3 is 2.65 bits per heavy atom. The molecule has 0 radical (unpaired) electrons. The van der Waals surface area contributed by atoms with Crippen LogP contribution in [0.2, 0.25) is 0 Å². The zero-order chi connectivity index (χ0) is 14.0. The van der Waals surface area contributed by atoms with Crippen molar-refractivity contribution in [2.75, 3.05) is 19.1 Å². The smallest absolute Gasteiger partial charge is 0.224 e. The summed E-state index contributed by atoms with van der Waals surface area (Å²) in [6.45, 7) is 1.36. The van der Waals surface area contributed by atoms with Gasteiger partial charge in [-0.2, -0.15) is 0 Å². The number of benzene rings is 1. The van der Waals surface area contributed by atoms with Crippen LogP contribution in [0.4, 0.5) is 0 Å². The van der Waals surface area contributed by atoms with Crippen molar-refractivity contribution in [2.24, 2.45) is 5.92 Å². The van der Waals surface area contributed by atoms with Crippen LogP contribution in [0.25, 0.3) is 0 Å². The lowest BCUT2D eigenvalue weighted by Gasteiger charge is -2.36. The van der Waals surface area contributed by atoms with Crippen molar-refractivity contribution in [3.63, 3.8) is 0 Å². The largest absolute Gasteiger partial charge is 0.381 e. The van der Waals surface area contributed by atoms with E-state index in [0.717, 1.165) is 19.3 Å². The van der Waals surface area contributed by atoms with Gasteiger partial charge in [-0.15, -0.1) is 11.6 Å². The van der Waals surface area contributed by atoms with Gasteiger partial charge in [0, 0.05) is 25.0 Å². The summed E-state index contributed by atoms with van der Waals surface area (Å²) in [6, 6.07) is 10.3. The number of rotatable bonds is 4. The van der Waals surface area contributed by atoms with Gasteiger partial charge in [-0.3, -0.25) is 4.79 Å². The van der Waals surface area contributed by atoms with E-state index in [4.69, 9.17) is 16.3 Å². The maximum Gasteiger partial charge on any atom is 0.224 e. The second-order valence-corrected chi connectivity index (χ2v) is 6.14.